The molecule has 0 saturated carbocycles. The van der Waals surface area contributed by atoms with Crippen LogP contribution >= 0.6 is 0 Å². The van der Waals surface area contributed by atoms with Gasteiger partial charge in [0.05, 0.1) is 23.7 Å². The van der Waals surface area contributed by atoms with Crippen molar-refractivity contribution in [2.75, 3.05) is 12.3 Å². The lowest BCUT2D eigenvalue weighted by molar-refractivity contribution is -0.147. The summed E-state index contributed by atoms with van der Waals surface area (Å²) in [5.74, 6) is -1.02. The first-order chi connectivity index (χ1) is 8.34. The molecule has 1 heterocycles. The number of hydrogen-bond donors (Lipinski definition) is 2. The van der Waals surface area contributed by atoms with E-state index in [2.05, 4.69) is 4.98 Å². The van der Waals surface area contributed by atoms with Crippen LogP contribution in [-0.4, -0.2) is 21.3 Å². The van der Waals surface area contributed by atoms with Gasteiger partial charge in [0.15, 0.2) is 0 Å². The summed E-state index contributed by atoms with van der Waals surface area (Å²) < 4.78 is 39.6. The van der Waals surface area contributed by atoms with Crippen molar-refractivity contribution in [3.8, 4) is 0 Å². The molecule has 1 aromatic heterocycles. The van der Waals surface area contributed by atoms with Crippen LogP contribution in [0.4, 0.5) is 18.9 Å². The molecule has 0 bridgehead atoms. The molecule has 0 saturated heterocycles. The van der Waals surface area contributed by atoms with Crippen LogP contribution in [0.2, 0.25) is 0 Å². The molecule has 1 aromatic carbocycles. The van der Waals surface area contributed by atoms with Gasteiger partial charge in [-0.2, -0.15) is 13.2 Å². The van der Waals surface area contributed by atoms with Crippen LogP contribution in [0.3, 0.4) is 0 Å². The normalized spacial score (nSPS) is 14.1. The van der Waals surface area contributed by atoms with Crippen LogP contribution in [0.15, 0.2) is 18.2 Å². The quantitative estimate of drug-likeness (QED) is 0.812. The average molecular weight is 259 g/mol. The Kier molecular flexibility index (Phi) is 2.94. The third-order valence-electron chi connectivity index (χ3n) is 2.67. The Morgan fingerprint density at radius 3 is 2.67 bits per heavy atom. The van der Waals surface area contributed by atoms with Gasteiger partial charge in [0.25, 0.3) is 0 Å². The zero-order chi connectivity index (χ0) is 13.5. The minimum Gasteiger partial charge on any atom is -0.399 e. The van der Waals surface area contributed by atoms with Crippen LogP contribution < -0.4 is 5.73 Å². The molecule has 0 radical (unpaired) electrons. The molecule has 0 unspecified atom stereocenters. The number of aliphatic hydroxyl groups is 1. The van der Waals surface area contributed by atoms with Gasteiger partial charge in [-0.3, -0.25) is 0 Å². The number of aliphatic hydroxyl groups excluding tert-OH is 1. The summed E-state index contributed by atoms with van der Waals surface area (Å²) in [5.41, 5.74) is 6.34. The van der Waals surface area contributed by atoms with Crippen LogP contribution in [0.25, 0.3) is 11.0 Å². The molecule has 98 valence electrons. The van der Waals surface area contributed by atoms with E-state index >= 15 is 0 Å². The summed E-state index contributed by atoms with van der Waals surface area (Å²) in [6.07, 6.45) is -4.57. The molecular weight excluding hydrogens is 247 g/mol. The fourth-order valence-electron chi connectivity index (χ4n) is 1.84. The smallest absolute Gasteiger partial charge is 0.399 e. The van der Waals surface area contributed by atoms with Crippen molar-refractivity contribution in [2.24, 2.45) is 0 Å². The second kappa shape index (κ2) is 4.16. The van der Waals surface area contributed by atoms with Crippen LogP contribution in [0.1, 0.15) is 18.8 Å². The molecule has 0 aliphatic heterocycles. The van der Waals surface area contributed by atoms with Gasteiger partial charge >= 0.3 is 6.18 Å². The van der Waals surface area contributed by atoms with Gasteiger partial charge in [0.1, 0.15) is 0 Å². The highest BCUT2D eigenvalue weighted by atomic mass is 19.4. The van der Waals surface area contributed by atoms with Crippen molar-refractivity contribution < 1.29 is 18.3 Å². The first-order valence-corrected chi connectivity index (χ1v) is 5.30. The summed E-state index contributed by atoms with van der Waals surface area (Å²) in [7, 11) is 0. The van der Waals surface area contributed by atoms with E-state index in [-0.39, 0.29) is 5.52 Å². The summed E-state index contributed by atoms with van der Waals surface area (Å²) in [5, 5.41) is 9.07. The summed E-state index contributed by atoms with van der Waals surface area (Å²) in [6, 6.07) is 3.64. The van der Waals surface area contributed by atoms with E-state index in [9.17, 15) is 13.2 Å². The Morgan fingerprint density at radius 2 is 2.11 bits per heavy atom. The fourth-order valence-corrected chi connectivity index (χ4v) is 1.84. The molecule has 2 aromatic rings. The van der Waals surface area contributed by atoms with Gasteiger partial charge in [0, 0.05) is 5.69 Å². The second-order valence-corrected chi connectivity index (χ2v) is 4.08. The molecule has 2 rings (SSSR count). The Morgan fingerprint density at radius 1 is 1.44 bits per heavy atom. The van der Waals surface area contributed by atoms with E-state index in [0.29, 0.717) is 11.2 Å². The second-order valence-electron chi connectivity index (χ2n) is 4.08. The number of alkyl halides is 3. The topological polar surface area (TPSA) is 64.1 Å². The lowest BCUT2D eigenvalue weighted by atomic mass is 10.2. The number of nitrogens with two attached hydrogens (primary N) is 1. The number of fused-ring (bicyclic) bond motifs is 1. The largest absolute Gasteiger partial charge is 0.449 e. The summed E-state index contributed by atoms with van der Waals surface area (Å²) >= 11 is 0. The lowest BCUT2D eigenvalue weighted by Crippen LogP contribution is -2.19. The van der Waals surface area contributed by atoms with Crippen LogP contribution in [-0.2, 0) is 6.18 Å². The number of aromatic nitrogens is 2. The standard InChI is InChI=1S/C11H12F3N3O/c1-6(5-18)17-9-3-2-7(15)4-8(9)16-10(17)11(12,13)14/h2-4,6,18H,5,15H2,1H3/t6-/m1/s1. The van der Waals surface area contributed by atoms with Crippen molar-refractivity contribution in [2.45, 2.75) is 19.1 Å². The Bertz CT molecular complexity index is 577. The number of nitrogens with zero attached hydrogens (tertiary/aromatic N) is 2. The maximum Gasteiger partial charge on any atom is 0.449 e. The number of halogens is 3. The first-order valence-electron chi connectivity index (χ1n) is 5.30. The lowest BCUT2D eigenvalue weighted by Gasteiger charge is -2.16. The molecule has 0 aliphatic carbocycles. The number of hydrogen-bond acceptors (Lipinski definition) is 3. The van der Waals surface area contributed by atoms with Gasteiger partial charge in [-0.05, 0) is 25.1 Å². The number of anilines is 1. The molecule has 1 atom stereocenters. The minimum atomic E-state index is -4.57. The molecule has 0 fully saturated rings. The van der Waals surface area contributed by atoms with E-state index in [4.69, 9.17) is 10.8 Å². The highest BCUT2D eigenvalue weighted by molar-refractivity contribution is 5.80. The monoisotopic (exact) mass is 259 g/mol. The summed E-state index contributed by atoms with van der Waals surface area (Å²) in [6.45, 7) is 1.09. The molecular formula is C11H12F3N3O. The van der Waals surface area contributed by atoms with E-state index < -0.39 is 24.6 Å². The zero-order valence-electron chi connectivity index (χ0n) is 9.57. The molecule has 18 heavy (non-hydrogen) atoms. The van der Waals surface area contributed by atoms with Gasteiger partial charge in [-0.15, -0.1) is 0 Å². The number of nitrogen functional groups attached to an aromatic ring is 1. The SMILES string of the molecule is C[C@H](CO)n1c(C(F)(F)F)nc2cc(N)ccc21. The maximum atomic E-state index is 12.9. The van der Waals surface area contributed by atoms with Crippen LogP contribution in [0.5, 0.6) is 0 Å². The number of imidazole rings is 1. The highest BCUT2D eigenvalue weighted by Gasteiger charge is 2.38. The van der Waals surface area contributed by atoms with E-state index in [1.807, 2.05) is 0 Å². The fraction of sp³-hybridized carbons (Fsp3) is 0.364. The minimum absolute atomic E-state index is 0.169. The van der Waals surface area contributed by atoms with E-state index in [1.165, 1.54) is 25.1 Å². The summed E-state index contributed by atoms with van der Waals surface area (Å²) in [4.78, 5) is 3.56. The van der Waals surface area contributed by atoms with Crippen molar-refractivity contribution in [1.29, 1.82) is 0 Å². The molecule has 7 heteroatoms. The van der Waals surface area contributed by atoms with E-state index in [0.717, 1.165) is 4.57 Å². The van der Waals surface area contributed by atoms with Crippen molar-refractivity contribution in [1.82, 2.24) is 9.55 Å². The molecule has 0 spiro atoms. The van der Waals surface area contributed by atoms with Crippen molar-refractivity contribution in [3.63, 3.8) is 0 Å². The van der Waals surface area contributed by atoms with Gasteiger partial charge < -0.3 is 15.4 Å². The average Bonchev–Trinajstić information content (AvgIpc) is 2.66. The predicted octanol–water partition coefficient (Wildman–Crippen LogP) is 2.19. The number of rotatable bonds is 2. The maximum absolute atomic E-state index is 12.9. The van der Waals surface area contributed by atoms with Crippen molar-refractivity contribution in [3.05, 3.63) is 24.0 Å². The van der Waals surface area contributed by atoms with Gasteiger partial charge in [-0.25, -0.2) is 4.98 Å². The molecule has 3 N–H and O–H groups in total. The Labute approximate surface area is 101 Å². The Balaban J connectivity index is 2.76. The van der Waals surface area contributed by atoms with Crippen LogP contribution in [0, 0.1) is 0 Å². The Hall–Kier alpha value is -1.76. The molecule has 0 aliphatic rings. The zero-order valence-corrected chi connectivity index (χ0v) is 9.57. The highest BCUT2D eigenvalue weighted by Crippen LogP contribution is 2.34. The predicted molar refractivity (Wildman–Crippen MR) is 60.9 cm³/mol. The number of benzene rings is 1. The van der Waals surface area contributed by atoms with Crippen molar-refractivity contribution >= 4 is 16.7 Å². The first kappa shape index (κ1) is 12.7. The third-order valence-corrected chi connectivity index (χ3v) is 2.67. The van der Waals surface area contributed by atoms with Gasteiger partial charge in [0.2, 0.25) is 5.82 Å². The molecule has 0 amide bonds. The third kappa shape index (κ3) is 2.01. The van der Waals surface area contributed by atoms with E-state index in [1.54, 1.807) is 0 Å². The molecule has 4 nitrogen and oxygen atoms in total. The van der Waals surface area contributed by atoms with Gasteiger partial charge in [-0.1, -0.05) is 0 Å².